The van der Waals surface area contributed by atoms with Crippen molar-refractivity contribution in [1.82, 2.24) is 10.2 Å². The molecule has 6 nitrogen and oxygen atoms in total. The van der Waals surface area contributed by atoms with Crippen molar-refractivity contribution in [1.29, 1.82) is 0 Å². The van der Waals surface area contributed by atoms with Crippen molar-refractivity contribution >= 4 is 17.5 Å². The molecule has 1 aliphatic heterocycles. The molecule has 1 saturated heterocycles. The molecule has 2 amide bonds. The van der Waals surface area contributed by atoms with E-state index in [9.17, 15) is 22.8 Å². The van der Waals surface area contributed by atoms with Gasteiger partial charge in [0, 0.05) is 60.7 Å². The van der Waals surface area contributed by atoms with Crippen molar-refractivity contribution in [2.45, 2.75) is 26.4 Å². The normalized spacial score (nSPS) is 13.3. The van der Waals surface area contributed by atoms with Crippen LogP contribution in [0.5, 0.6) is 5.75 Å². The van der Waals surface area contributed by atoms with Gasteiger partial charge in [0.1, 0.15) is 5.75 Å². The molecule has 1 heterocycles. The maximum absolute atomic E-state index is 13.7. The van der Waals surface area contributed by atoms with Crippen molar-refractivity contribution in [3.8, 4) is 17.6 Å². The molecule has 4 rings (SSSR count). The quantitative estimate of drug-likeness (QED) is 0.380. The number of hydrogen-bond donors (Lipinski definition) is 1. The van der Waals surface area contributed by atoms with E-state index < -0.39 is 17.6 Å². The lowest BCUT2D eigenvalue weighted by molar-refractivity contribution is -0.137. The minimum atomic E-state index is -4.63. The Morgan fingerprint density at radius 2 is 1.59 bits per heavy atom. The van der Waals surface area contributed by atoms with Crippen molar-refractivity contribution in [3.05, 3.63) is 94.5 Å². The molecule has 1 fully saturated rings. The summed E-state index contributed by atoms with van der Waals surface area (Å²) in [5.41, 5.74) is 1.20. The number of halogens is 3. The minimum absolute atomic E-state index is 0.0527. The Labute approximate surface area is 238 Å². The first-order valence-corrected chi connectivity index (χ1v) is 13.6. The van der Waals surface area contributed by atoms with Crippen LogP contribution in [0.4, 0.5) is 18.9 Å². The van der Waals surface area contributed by atoms with Gasteiger partial charge >= 0.3 is 6.18 Å². The number of carbonyl (C=O) groups excluding carboxylic acids is 2. The summed E-state index contributed by atoms with van der Waals surface area (Å²) in [7, 11) is 0. The maximum Gasteiger partial charge on any atom is 0.416 e. The van der Waals surface area contributed by atoms with Gasteiger partial charge < -0.3 is 19.9 Å². The molecule has 0 radical (unpaired) electrons. The first-order chi connectivity index (χ1) is 19.7. The molecule has 0 unspecified atom stereocenters. The van der Waals surface area contributed by atoms with Crippen molar-refractivity contribution in [2.75, 3.05) is 44.2 Å². The zero-order chi connectivity index (χ0) is 29.4. The second-order valence-electron chi connectivity index (χ2n) is 9.59. The Hall–Kier alpha value is -4.45. The number of ether oxygens (including phenoxy) is 1. The molecule has 0 bridgehead atoms. The Balaban J connectivity index is 1.47. The third-order valence-electron chi connectivity index (χ3n) is 6.60. The highest BCUT2D eigenvalue weighted by molar-refractivity contribution is 5.95. The van der Waals surface area contributed by atoms with Gasteiger partial charge in [0.15, 0.2) is 0 Å². The summed E-state index contributed by atoms with van der Waals surface area (Å²) in [5, 5.41) is 2.84. The van der Waals surface area contributed by atoms with E-state index >= 15 is 0 Å². The molecule has 0 saturated carbocycles. The Bertz CT molecular complexity index is 1430. The van der Waals surface area contributed by atoms with E-state index in [4.69, 9.17) is 4.74 Å². The Morgan fingerprint density at radius 3 is 2.24 bits per heavy atom. The van der Waals surface area contributed by atoms with Gasteiger partial charge in [0.2, 0.25) is 0 Å². The lowest BCUT2D eigenvalue weighted by atomic mass is 10.0. The highest BCUT2D eigenvalue weighted by atomic mass is 19.4. The molecule has 3 aromatic rings. The first-order valence-electron chi connectivity index (χ1n) is 13.6. The summed E-state index contributed by atoms with van der Waals surface area (Å²) in [5.74, 6) is 5.67. The van der Waals surface area contributed by atoms with E-state index in [-0.39, 0.29) is 17.0 Å². The van der Waals surface area contributed by atoms with E-state index in [1.165, 1.54) is 6.07 Å². The molecule has 3 aromatic carbocycles. The van der Waals surface area contributed by atoms with Crippen LogP contribution < -0.4 is 15.0 Å². The monoisotopic (exact) mass is 563 g/mol. The van der Waals surface area contributed by atoms with Gasteiger partial charge in [-0.25, -0.2) is 0 Å². The molecule has 214 valence electrons. The predicted octanol–water partition coefficient (Wildman–Crippen LogP) is 5.61. The molecule has 1 N–H and O–H groups in total. The number of amides is 2. The number of hydrogen-bond acceptors (Lipinski definition) is 4. The van der Waals surface area contributed by atoms with Gasteiger partial charge in [-0.05, 0) is 74.0 Å². The number of nitrogens with one attached hydrogen (secondary N) is 1. The van der Waals surface area contributed by atoms with Crippen LogP contribution in [0.15, 0.2) is 66.7 Å². The number of piperazine rings is 1. The van der Waals surface area contributed by atoms with Gasteiger partial charge in [-0.2, -0.15) is 13.2 Å². The van der Waals surface area contributed by atoms with Crippen LogP contribution in [0.1, 0.15) is 57.7 Å². The van der Waals surface area contributed by atoms with Crippen LogP contribution in [0.25, 0.3) is 0 Å². The van der Waals surface area contributed by atoms with Gasteiger partial charge in [-0.15, -0.1) is 0 Å². The molecular weight excluding hydrogens is 531 g/mol. The van der Waals surface area contributed by atoms with Crippen LogP contribution in [-0.4, -0.2) is 56.0 Å². The number of anilines is 1. The third kappa shape index (κ3) is 7.82. The van der Waals surface area contributed by atoms with Gasteiger partial charge in [0.25, 0.3) is 11.8 Å². The summed E-state index contributed by atoms with van der Waals surface area (Å²) in [6, 6.07) is 17.5. The predicted molar refractivity (Wildman–Crippen MR) is 152 cm³/mol. The lowest BCUT2D eigenvalue weighted by Crippen LogP contribution is -2.48. The fourth-order valence-electron chi connectivity index (χ4n) is 4.48. The number of nitrogens with zero attached hydrogens (tertiary/aromatic N) is 2. The molecule has 0 atom stereocenters. The number of benzene rings is 3. The number of alkyl halides is 3. The zero-order valence-electron chi connectivity index (χ0n) is 23.1. The first kappa shape index (κ1) is 29.5. The van der Waals surface area contributed by atoms with E-state index in [1.54, 1.807) is 41.3 Å². The van der Waals surface area contributed by atoms with E-state index in [0.717, 1.165) is 24.2 Å². The number of carbonyl (C=O) groups is 2. The largest absolute Gasteiger partial charge is 0.494 e. The fraction of sp³-hybridized carbons (Fsp3) is 0.312. The van der Waals surface area contributed by atoms with Gasteiger partial charge in [0.05, 0.1) is 12.2 Å². The van der Waals surface area contributed by atoms with E-state index in [2.05, 4.69) is 22.1 Å². The Kier molecular flexibility index (Phi) is 9.56. The molecule has 0 aliphatic carbocycles. The third-order valence-corrected chi connectivity index (χ3v) is 6.60. The summed E-state index contributed by atoms with van der Waals surface area (Å²) >= 11 is 0. The molecule has 41 heavy (non-hydrogen) atoms. The molecule has 9 heteroatoms. The van der Waals surface area contributed by atoms with Crippen LogP contribution in [0.2, 0.25) is 0 Å². The standard InChI is InChI=1S/C32H32F3N3O3/c1-3-14-36-30(39)25-10-12-28(13-11-25)37-15-17-38(18-16-37)31(40)26-19-24(20-27(22-26)32(33,34)35)9-8-23-6-5-7-29(21-23)41-4-2/h5-7,10-13,19-22H,3-4,14-18H2,1-2H3,(H,36,39). The summed E-state index contributed by atoms with van der Waals surface area (Å²) < 4.78 is 46.6. The van der Waals surface area contributed by atoms with Crippen molar-refractivity contribution in [3.63, 3.8) is 0 Å². The van der Waals surface area contributed by atoms with Gasteiger partial charge in [-0.3, -0.25) is 9.59 Å². The van der Waals surface area contributed by atoms with Gasteiger partial charge in [-0.1, -0.05) is 24.8 Å². The second kappa shape index (κ2) is 13.3. The summed E-state index contributed by atoms with van der Waals surface area (Å²) in [6.45, 7) is 6.64. The molecular formula is C32H32F3N3O3. The topological polar surface area (TPSA) is 61.9 Å². The summed E-state index contributed by atoms with van der Waals surface area (Å²) in [4.78, 5) is 29.1. The van der Waals surface area contributed by atoms with E-state index in [0.29, 0.717) is 56.2 Å². The molecule has 0 aromatic heterocycles. The lowest BCUT2D eigenvalue weighted by Gasteiger charge is -2.36. The Morgan fingerprint density at radius 1 is 0.878 bits per heavy atom. The summed E-state index contributed by atoms with van der Waals surface area (Å²) in [6.07, 6.45) is -3.77. The van der Waals surface area contributed by atoms with E-state index in [1.807, 2.05) is 26.0 Å². The average molecular weight is 564 g/mol. The molecule has 1 aliphatic rings. The smallest absolute Gasteiger partial charge is 0.416 e. The highest BCUT2D eigenvalue weighted by Gasteiger charge is 2.32. The number of rotatable bonds is 7. The zero-order valence-corrected chi connectivity index (χ0v) is 23.1. The average Bonchev–Trinajstić information content (AvgIpc) is 2.98. The highest BCUT2D eigenvalue weighted by Crippen LogP contribution is 2.31. The van der Waals surface area contributed by atoms with Crippen molar-refractivity contribution in [2.24, 2.45) is 0 Å². The fourth-order valence-corrected chi connectivity index (χ4v) is 4.48. The van der Waals surface area contributed by atoms with Crippen LogP contribution in [0, 0.1) is 11.8 Å². The second-order valence-corrected chi connectivity index (χ2v) is 9.59. The maximum atomic E-state index is 13.7. The van der Waals surface area contributed by atoms with Crippen molar-refractivity contribution < 1.29 is 27.5 Å². The minimum Gasteiger partial charge on any atom is -0.494 e. The molecule has 0 spiro atoms. The van der Waals surface area contributed by atoms with Crippen LogP contribution >= 0.6 is 0 Å². The SMILES string of the molecule is CCCNC(=O)c1ccc(N2CCN(C(=O)c3cc(C#Cc4cccc(OCC)c4)cc(C(F)(F)F)c3)CC2)cc1. The van der Waals surface area contributed by atoms with Crippen LogP contribution in [0.3, 0.4) is 0 Å². The van der Waals surface area contributed by atoms with Crippen LogP contribution in [-0.2, 0) is 6.18 Å².